The van der Waals surface area contributed by atoms with E-state index in [9.17, 15) is 9.59 Å². The number of rotatable bonds is 5. The molecule has 1 unspecified atom stereocenters. The second kappa shape index (κ2) is 9.11. The summed E-state index contributed by atoms with van der Waals surface area (Å²) in [4.78, 5) is 37.0. The van der Waals surface area contributed by atoms with E-state index >= 15 is 0 Å². The largest absolute Gasteiger partial charge is 0.368 e. The number of likely N-dealkylation sites (N-methyl/N-ethyl adjacent to an activating group) is 1. The normalized spacial score (nSPS) is 16.8. The van der Waals surface area contributed by atoms with Crippen LogP contribution in [0.5, 0.6) is 0 Å². The Balaban J connectivity index is 1.73. The lowest BCUT2D eigenvalue weighted by atomic mass is 9.98. The van der Waals surface area contributed by atoms with Crippen molar-refractivity contribution in [1.82, 2.24) is 24.3 Å². The first-order valence-electron chi connectivity index (χ1n) is 11.4. The second-order valence-electron chi connectivity index (χ2n) is 9.47. The van der Waals surface area contributed by atoms with E-state index in [2.05, 4.69) is 18.8 Å². The van der Waals surface area contributed by atoms with Gasteiger partial charge >= 0.3 is 0 Å². The smallest absolute Gasteiger partial charge is 0.253 e. The van der Waals surface area contributed by atoms with Crippen LogP contribution in [0.4, 0.5) is 0 Å². The summed E-state index contributed by atoms with van der Waals surface area (Å²) in [6.45, 7) is 8.11. The number of carbonyl (C=O) groups excluding carboxylic acids is 1. The molecular formula is C25H33N5O3. The average Bonchev–Trinajstić information content (AvgIpc) is 3.16. The summed E-state index contributed by atoms with van der Waals surface area (Å²) in [5.74, 6) is 0.325. The molecule has 1 fully saturated rings. The highest BCUT2D eigenvalue weighted by atomic mass is 16.5. The summed E-state index contributed by atoms with van der Waals surface area (Å²) in [6, 6.07) is 5.94. The Morgan fingerprint density at radius 3 is 2.76 bits per heavy atom. The van der Waals surface area contributed by atoms with Crippen LogP contribution in [0.15, 0.2) is 29.2 Å². The molecule has 1 saturated heterocycles. The van der Waals surface area contributed by atoms with Crippen LogP contribution in [0.25, 0.3) is 22.3 Å². The van der Waals surface area contributed by atoms with Gasteiger partial charge in [-0.15, -0.1) is 0 Å². The monoisotopic (exact) mass is 451 g/mol. The zero-order chi connectivity index (χ0) is 23.9. The quantitative estimate of drug-likeness (QED) is 0.645. The van der Waals surface area contributed by atoms with Crippen molar-refractivity contribution in [3.05, 3.63) is 51.6 Å². The number of H-pyrrole nitrogens is 1. The molecule has 33 heavy (non-hydrogen) atoms. The van der Waals surface area contributed by atoms with Gasteiger partial charge in [-0.1, -0.05) is 13.8 Å². The van der Waals surface area contributed by atoms with Crippen LogP contribution in [0, 0.1) is 6.92 Å². The van der Waals surface area contributed by atoms with Crippen molar-refractivity contribution in [2.24, 2.45) is 7.05 Å². The van der Waals surface area contributed by atoms with Crippen LogP contribution in [0.3, 0.4) is 0 Å². The maximum absolute atomic E-state index is 12.6. The topological polar surface area (TPSA) is 83.5 Å². The molecule has 8 nitrogen and oxygen atoms in total. The summed E-state index contributed by atoms with van der Waals surface area (Å²) >= 11 is 0. The van der Waals surface area contributed by atoms with E-state index in [1.165, 1.54) is 0 Å². The minimum absolute atomic E-state index is 0.00387. The number of hydrogen-bond acceptors (Lipinski definition) is 5. The number of hydrogen-bond donors (Lipinski definition) is 1. The van der Waals surface area contributed by atoms with Gasteiger partial charge in [-0.05, 0) is 45.1 Å². The Morgan fingerprint density at radius 2 is 2.09 bits per heavy atom. The molecule has 0 aliphatic carbocycles. The Kier molecular flexibility index (Phi) is 6.41. The molecule has 176 valence electrons. The number of nitrogens with zero attached hydrogens (tertiary/aromatic N) is 4. The Bertz CT molecular complexity index is 1210. The number of morpholine rings is 1. The van der Waals surface area contributed by atoms with Crippen LogP contribution >= 0.6 is 0 Å². The fourth-order valence-electron chi connectivity index (χ4n) is 4.51. The summed E-state index contributed by atoms with van der Waals surface area (Å²) in [5.41, 5.74) is 6.45. The van der Waals surface area contributed by atoms with Crippen molar-refractivity contribution >= 4 is 16.9 Å². The Hall–Kier alpha value is -2.97. The van der Waals surface area contributed by atoms with Crippen LogP contribution in [-0.4, -0.2) is 70.6 Å². The summed E-state index contributed by atoms with van der Waals surface area (Å²) < 4.78 is 7.64. The highest BCUT2D eigenvalue weighted by Crippen LogP contribution is 2.35. The third-order valence-corrected chi connectivity index (χ3v) is 6.13. The second-order valence-corrected chi connectivity index (χ2v) is 9.47. The number of ether oxygens (including phenoxy) is 1. The number of pyridine rings is 2. The number of fused-ring (bicyclic) bond motifs is 1. The fraction of sp³-hybridized carbons (Fsp3) is 0.480. The van der Waals surface area contributed by atoms with Gasteiger partial charge in [-0.2, -0.15) is 0 Å². The minimum Gasteiger partial charge on any atom is -0.368 e. The molecular weight excluding hydrogens is 418 g/mol. The molecule has 0 aromatic carbocycles. The summed E-state index contributed by atoms with van der Waals surface area (Å²) in [6.07, 6.45) is 1.61. The zero-order valence-electron chi connectivity index (χ0n) is 20.3. The molecule has 1 aliphatic rings. The van der Waals surface area contributed by atoms with Crippen molar-refractivity contribution in [3.8, 4) is 11.3 Å². The molecule has 8 heteroatoms. The maximum Gasteiger partial charge on any atom is 0.253 e. The molecule has 0 saturated carbocycles. The first kappa shape index (κ1) is 23.2. The highest BCUT2D eigenvalue weighted by Gasteiger charge is 2.27. The number of amides is 1. The van der Waals surface area contributed by atoms with Gasteiger partial charge in [0.25, 0.3) is 5.56 Å². The van der Waals surface area contributed by atoms with Gasteiger partial charge in [0.1, 0.15) is 6.10 Å². The van der Waals surface area contributed by atoms with Crippen LogP contribution in [0.2, 0.25) is 0 Å². The van der Waals surface area contributed by atoms with Gasteiger partial charge in [-0.3, -0.25) is 9.59 Å². The minimum atomic E-state index is -0.257. The van der Waals surface area contributed by atoms with Gasteiger partial charge in [-0.25, -0.2) is 4.98 Å². The fourth-order valence-corrected chi connectivity index (χ4v) is 4.51. The van der Waals surface area contributed by atoms with E-state index in [4.69, 9.17) is 9.72 Å². The molecule has 4 heterocycles. The molecule has 0 bridgehead atoms. The van der Waals surface area contributed by atoms with E-state index < -0.39 is 0 Å². The average molecular weight is 452 g/mol. The van der Waals surface area contributed by atoms with Crippen molar-refractivity contribution in [3.63, 3.8) is 0 Å². The lowest BCUT2D eigenvalue weighted by Crippen LogP contribution is -2.45. The third kappa shape index (κ3) is 4.58. The van der Waals surface area contributed by atoms with E-state index in [1.54, 1.807) is 11.6 Å². The van der Waals surface area contributed by atoms with Crippen molar-refractivity contribution in [2.45, 2.75) is 32.8 Å². The van der Waals surface area contributed by atoms with E-state index in [0.29, 0.717) is 31.8 Å². The van der Waals surface area contributed by atoms with Crippen molar-refractivity contribution in [1.29, 1.82) is 0 Å². The van der Waals surface area contributed by atoms with E-state index in [0.717, 1.165) is 33.5 Å². The lowest BCUT2D eigenvalue weighted by Gasteiger charge is -2.33. The zero-order valence-corrected chi connectivity index (χ0v) is 20.3. The molecule has 1 atom stereocenters. The van der Waals surface area contributed by atoms with Gasteiger partial charge in [0.2, 0.25) is 5.91 Å². The number of carbonyl (C=O) groups is 1. The third-order valence-electron chi connectivity index (χ3n) is 6.13. The van der Waals surface area contributed by atoms with Gasteiger partial charge in [0.05, 0.1) is 42.1 Å². The highest BCUT2D eigenvalue weighted by molar-refractivity contribution is 5.88. The van der Waals surface area contributed by atoms with Crippen molar-refractivity contribution < 1.29 is 9.53 Å². The first-order chi connectivity index (χ1) is 15.7. The molecule has 1 N–H and O–H groups in total. The number of nitrogens with one attached hydrogen (secondary N) is 1. The summed E-state index contributed by atoms with van der Waals surface area (Å²) in [5, 5.41) is 0. The van der Waals surface area contributed by atoms with Crippen LogP contribution in [0.1, 0.15) is 42.7 Å². The first-order valence-corrected chi connectivity index (χ1v) is 11.4. The Labute approximate surface area is 194 Å². The number of aromatic nitrogens is 3. The predicted molar refractivity (Wildman–Crippen MR) is 129 cm³/mol. The molecule has 1 amide bonds. The molecule has 0 spiro atoms. The lowest BCUT2D eigenvalue weighted by molar-refractivity contribution is -0.139. The van der Waals surface area contributed by atoms with Crippen LogP contribution in [-0.2, 0) is 16.6 Å². The standard InChI is InChI=1S/C25H33N5O3/c1-15(2)22-23(17-11-16(3)25(32)29(6)12-17)27-19-8-7-18(26-24(19)22)20-13-30(9-10-33-20)21(31)14-28(4)5/h7-8,11-12,15,20,27H,9-10,13-14H2,1-6H3. The number of aromatic amines is 1. The van der Waals surface area contributed by atoms with E-state index in [1.807, 2.05) is 55.2 Å². The SMILES string of the molecule is Cc1cc(-c2[nH]c3ccc(C4CN(C(=O)CN(C)C)CCO4)nc3c2C(C)C)cn(C)c1=O. The molecule has 3 aromatic rings. The van der Waals surface area contributed by atoms with Gasteiger partial charge in [0.15, 0.2) is 0 Å². The molecule has 1 aliphatic heterocycles. The summed E-state index contributed by atoms with van der Waals surface area (Å²) in [7, 11) is 5.57. The van der Waals surface area contributed by atoms with Crippen LogP contribution < -0.4 is 5.56 Å². The molecule has 3 aromatic heterocycles. The molecule has 4 rings (SSSR count). The van der Waals surface area contributed by atoms with Gasteiger partial charge in [0, 0.05) is 36.5 Å². The van der Waals surface area contributed by atoms with Crippen molar-refractivity contribution in [2.75, 3.05) is 40.3 Å². The Morgan fingerprint density at radius 1 is 1.33 bits per heavy atom. The number of aryl methyl sites for hydroxylation is 2. The van der Waals surface area contributed by atoms with E-state index in [-0.39, 0.29) is 23.5 Å². The predicted octanol–water partition coefficient (Wildman–Crippen LogP) is 2.82. The molecule has 0 radical (unpaired) electrons. The maximum atomic E-state index is 12.6. The van der Waals surface area contributed by atoms with Gasteiger partial charge < -0.3 is 24.1 Å².